The highest BCUT2D eigenvalue weighted by atomic mass is 32.2. The summed E-state index contributed by atoms with van der Waals surface area (Å²) in [5.41, 5.74) is 3.66. The first-order valence-corrected chi connectivity index (χ1v) is 11.4. The Labute approximate surface area is 176 Å². The zero-order chi connectivity index (χ0) is 20.0. The van der Waals surface area contributed by atoms with E-state index in [-0.39, 0.29) is 11.1 Å². The predicted molar refractivity (Wildman–Crippen MR) is 116 cm³/mol. The van der Waals surface area contributed by atoms with Gasteiger partial charge >= 0.3 is 0 Å². The van der Waals surface area contributed by atoms with Gasteiger partial charge in [0.05, 0.1) is 16.3 Å². The van der Waals surface area contributed by atoms with E-state index in [1.54, 1.807) is 17.4 Å². The molecule has 1 aliphatic heterocycles. The first-order chi connectivity index (χ1) is 14.1. The number of nitrogens with zero attached hydrogens (tertiary/aromatic N) is 3. The zero-order valence-electron chi connectivity index (χ0n) is 16.0. The van der Waals surface area contributed by atoms with Gasteiger partial charge in [-0.2, -0.15) is 5.10 Å². The molecule has 148 valence electrons. The Balaban J connectivity index is 1.64. The van der Waals surface area contributed by atoms with Crippen LogP contribution in [0.1, 0.15) is 54.3 Å². The highest BCUT2D eigenvalue weighted by Crippen LogP contribution is 2.37. The van der Waals surface area contributed by atoms with Crippen LogP contribution in [-0.4, -0.2) is 25.7 Å². The summed E-state index contributed by atoms with van der Waals surface area (Å²) in [6.45, 7) is 2.04. The molecule has 8 heteroatoms. The summed E-state index contributed by atoms with van der Waals surface area (Å²) < 4.78 is 1.84. The maximum absolute atomic E-state index is 12.1. The van der Waals surface area contributed by atoms with Crippen LogP contribution in [0, 0.1) is 6.92 Å². The third kappa shape index (κ3) is 3.51. The number of carbonyl (C=O) groups is 2. The van der Waals surface area contributed by atoms with Crippen molar-refractivity contribution in [1.82, 2.24) is 19.9 Å². The van der Waals surface area contributed by atoms with E-state index in [1.165, 1.54) is 37.7 Å². The second-order valence-corrected chi connectivity index (χ2v) is 9.54. The molecule has 0 radical (unpaired) electrons. The lowest BCUT2D eigenvalue weighted by molar-refractivity contribution is -0.115. The second-order valence-electron chi connectivity index (χ2n) is 7.53. The van der Waals surface area contributed by atoms with Crippen LogP contribution in [0.2, 0.25) is 0 Å². The number of nitrogens with one attached hydrogen (secondary N) is 1. The number of amides is 2. The molecule has 3 heterocycles. The lowest BCUT2D eigenvalue weighted by Gasteiger charge is -2.18. The van der Waals surface area contributed by atoms with Crippen LogP contribution in [0.4, 0.5) is 4.79 Å². The topological polar surface area (TPSA) is 76.4 Å². The summed E-state index contributed by atoms with van der Waals surface area (Å²) in [5.74, 6) is 0.122. The van der Waals surface area contributed by atoms with Crippen LogP contribution < -0.4 is 5.32 Å². The first-order valence-electron chi connectivity index (χ1n) is 9.80. The van der Waals surface area contributed by atoms with Gasteiger partial charge in [0.15, 0.2) is 0 Å². The Kier molecular flexibility index (Phi) is 4.75. The summed E-state index contributed by atoms with van der Waals surface area (Å²) in [6.07, 6.45) is 7.88. The maximum atomic E-state index is 12.1. The van der Waals surface area contributed by atoms with E-state index in [0.717, 1.165) is 38.7 Å². The summed E-state index contributed by atoms with van der Waals surface area (Å²) in [4.78, 5) is 29.8. The van der Waals surface area contributed by atoms with Gasteiger partial charge in [0, 0.05) is 11.5 Å². The number of rotatable bonds is 3. The SMILES string of the molecule is Cc1ccc(-c2nc3sc(C4CCCCC4)nn3c2/C=C2\SC(=O)NC2=O)cc1. The van der Waals surface area contributed by atoms with Crippen LogP contribution in [0.25, 0.3) is 22.3 Å². The number of hydrogen-bond acceptors (Lipinski definition) is 6. The number of carbonyl (C=O) groups excluding carboxylic acids is 2. The molecule has 6 nitrogen and oxygen atoms in total. The minimum atomic E-state index is -0.368. The number of aromatic nitrogens is 3. The smallest absolute Gasteiger partial charge is 0.282 e. The highest BCUT2D eigenvalue weighted by molar-refractivity contribution is 8.18. The fourth-order valence-electron chi connectivity index (χ4n) is 3.89. The fraction of sp³-hybridized carbons (Fsp3) is 0.333. The minimum absolute atomic E-state index is 0.347. The Morgan fingerprint density at radius 3 is 2.59 bits per heavy atom. The Morgan fingerprint density at radius 2 is 1.90 bits per heavy atom. The summed E-state index contributed by atoms with van der Waals surface area (Å²) in [7, 11) is 0. The van der Waals surface area contributed by atoms with Crippen molar-refractivity contribution in [2.45, 2.75) is 44.9 Å². The van der Waals surface area contributed by atoms with E-state index in [1.807, 2.05) is 35.7 Å². The van der Waals surface area contributed by atoms with Crippen molar-refractivity contribution in [2.24, 2.45) is 0 Å². The van der Waals surface area contributed by atoms with Gasteiger partial charge in [-0.1, -0.05) is 60.4 Å². The molecular weight excluding hydrogens is 404 g/mol. The van der Waals surface area contributed by atoms with Crippen molar-refractivity contribution in [3.8, 4) is 11.3 Å². The molecule has 0 bridgehead atoms. The molecular formula is C21H20N4O2S2. The number of fused-ring (bicyclic) bond motifs is 1. The normalized spacial score (nSPS) is 19.4. The lowest BCUT2D eigenvalue weighted by Crippen LogP contribution is -2.17. The van der Waals surface area contributed by atoms with Gasteiger partial charge in [-0.3, -0.25) is 14.9 Å². The standard InChI is InChI=1S/C21H20N4O2S2/c1-12-7-9-13(10-8-12)17-15(11-16-18(26)23-21(27)28-16)25-20(22-17)29-19(24-25)14-5-3-2-4-6-14/h7-11,14H,2-6H2,1H3,(H,23,26,27)/b16-11-. The fourth-order valence-corrected chi connectivity index (χ4v) is 5.62. The monoisotopic (exact) mass is 424 g/mol. The lowest BCUT2D eigenvalue weighted by atomic mass is 9.90. The average molecular weight is 425 g/mol. The molecule has 1 saturated carbocycles. The molecule has 1 saturated heterocycles. The van der Waals surface area contributed by atoms with Crippen LogP contribution in [0.5, 0.6) is 0 Å². The van der Waals surface area contributed by atoms with E-state index in [2.05, 4.69) is 5.32 Å². The average Bonchev–Trinajstić information content (AvgIpc) is 3.37. The van der Waals surface area contributed by atoms with Gasteiger partial charge in [0.2, 0.25) is 4.96 Å². The molecule has 2 aliphatic rings. The highest BCUT2D eigenvalue weighted by Gasteiger charge is 2.28. The number of aryl methyl sites for hydroxylation is 1. The molecule has 3 aromatic rings. The van der Waals surface area contributed by atoms with E-state index in [4.69, 9.17) is 10.1 Å². The molecule has 2 fully saturated rings. The molecule has 1 aliphatic carbocycles. The Bertz CT molecular complexity index is 1140. The summed E-state index contributed by atoms with van der Waals surface area (Å²) >= 11 is 2.55. The molecule has 2 amide bonds. The number of imidazole rings is 1. The quantitative estimate of drug-likeness (QED) is 0.589. The van der Waals surface area contributed by atoms with Crippen LogP contribution in [0.15, 0.2) is 29.2 Å². The molecule has 1 N–H and O–H groups in total. The zero-order valence-corrected chi connectivity index (χ0v) is 17.6. The third-order valence-corrected chi connectivity index (χ3v) is 7.32. The number of hydrogen-bond donors (Lipinski definition) is 1. The molecule has 2 aromatic heterocycles. The largest absolute Gasteiger partial charge is 0.290 e. The molecule has 29 heavy (non-hydrogen) atoms. The minimum Gasteiger partial charge on any atom is -0.282 e. The molecule has 5 rings (SSSR count). The van der Waals surface area contributed by atoms with E-state index >= 15 is 0 Å². The van der Waals surface area contributed by atoms with Crippen molar-refractivity contribution in [3.63, 3.8) is 0 Å². The van der Waals surface area contributed by atoms with Gasteiger partial charge < -0.3 is 0 Å². The van der Waals surface area contributed by atoms with Crippen molar-refractivity contribution < 1.29 is 9.59 Å². The van der Waals surface area contributed by atoms with Crippen LogP contribution >= 0.6 is 23.1 Å². The van der Waals surface area contributed by atoms with Crippen molar-refractivity contribution >= 4 is 45.3 Å². The Morgan fingerprint density at radius 1 is 1.14 bits per heavy atom. The predicted octanol–water partition coefficient (Wildman–Crippen LogP) is 5.14. The molecule has 0 spiro atoms. The summed E-state index contributed by atoms with van der Waals surface area (Å²) in [5, 5.41) is 7.97. The number of thioether (sulfide) groups is 1. The van der Waals surface area contributed by atoms with Gasteiger partial charge in [0.25, 0.3) is 11.1 Å². The maximum Gasteiger partial charge on any atom is 0.290 e. The second kappa shape index (κ2) is 7.42. The van der Waals surface area contributed by atoms with Crippen LogP contribution in [-0.2, 0) is 4.79 Å². The van der Waals surface area contributed by atoms with E-state index in [9.17, 15) is 9.59 Å². The first kappa shape index (κ1) is 18.6. The van der Waals surface area contributed by atoms with Crippen molar-refractivity contribution in [3.05, 3.63) is 45.4 Å². The molecule has 1 aromatic carbocycles. The van der Waals surface area contributed by atoms with Crippen molar-refractivity contribution in [1.29, 1.82) is 0 Å². The Hall–Kier alpha value is -2.45. The molecule has 0 atom stereocenters. The van der Waals surface area contributed by atoms with E-state index < -0.39 is 0 Å². The summed E-state index contributed by atoms with van der Waals surface area (Å²) in [6, 6.07) is 8.14. The number of imide groups is 1. The van der Waals surface area contributed by atoms with Gasteiger partial charge in [0.1, 0.15) is 5.01 Å². The van der Waals surface area contributed by atoms with E-state index in [0.29, 0.717) is 10.8 Å². The van der Waals surface area contributed by atoms with Gasteiger partial charge in [-0.15, -0.1) is 0 Å². The van der Waals surface area contributed by atoms with Crippen molar-refractivity contribution in [2.75, 3.05) is 0 Å². The number of benzene rings is 1. The molecule has 0 unspecified atom stereocenters. The third-order valence-electron chi connectivity index (χ3n) is 5.44. The van der Waals surface area contributed by atoms with Gasteiger partial charge in [-0.05, 0) is 37.6 Å². The van der Waals surface area contributed by atoms with Crippen LogP contribution in [0.3, 0.4) is 0 Å². The van der Waals surface area contributed by atoms with Gasteiger partial charge in [-0.25, -0.2) is 9.50 Å².